The first-order valence-corrected chi connectivity index (χ1v) is 11.1. The summed E-state index contributed by atoms with van der Waals surface area (Å²) >= 11 is 14.0. The number of amides is 1. The number of aromatic nitrogens is 1. The number of anilines is 1. The molecular weight excluding hydrogens is 432 g/mol. The third kappa shape index (κ3) is 5.68. The first-order chi connectivity index (χ1) is 13.5. The number of halogens is 1. The van der Waals surface area contributed by atoms with Crippen LogP contribution in [0.4, 0.5) is 5.69 Å². The summed E-state index contributed by atoms with van der Waals surface area (Å²) in [5.41, 5.74) is 11.1. The molecule has 0 radical (unpaired) electrons. The summed E-state index contributed by atoms with van der Waals surface area (Å²) in [6.07, 6.45) is 0. The quantitative estimate of drug-likeness (QED) is 0.428. The molecule has 0 bridgehead atoms. The van der Waals surface area contributed by atoms with Crippen molar-refractivity contribution in [3.8, 4) is 11.3 Å². The summed E-state index contributed by atoms with van der Waals surface area (Å²) in [5, 5.41) is 5.01. The highest BCUT2D eigenvalue weighted by atomic mass is 35.5. The number of hydrazine groups is 1. The Kier molecular flexibility index (Phi) is 7.27. The van der Waals surface area contributed by atoms with E-state index in [4.69, 9.17) is 29.6 Å². The number of nitrogens with zero attached hydrogens (tertiary/aromatic N) is 2. The molecule has 1 heterocycles. The van der Waals surface area contributed by atoms with Crippen LogP contribution in [0.15, 0.2) is 60.0 Å². The zero-order valence-electron chi connectivity index (χ0n) is 14.7. The summed E-state index contributed by atoms with van der Waals surface area (Å²) < 4.78 is 0. The first-order valence-electron chi connectivity index (χ1n) is 8.25. The molecule has 9 heteroatoms. The molecule has 1 amide bonds. The number of thiazole rings is 1. The van der Waals surface area contributed by atoms with Gasteiger partial charge in [0.05, 0.1) is 17.1 Å². The van der Waals surface area contributed by atoms with Gasteiger partial charge in [-0.05, 0) is 36.5 Å². The van der Waals surface area contributed by atoms with Gasteiger partial charge in [0.15, 0.2) is 5.11 Å². The van der Waals surface area contributed by atoms with Crippen LogP contribution < -0.4 is 16.2 Å². The highest BCUT2D eigenvalue weighted by Gasteiger charge is 2.13. The molecule has 0 spiro atoms. The molecule has 0 atom stereocenters. The van der Waals surface area contributed by atoms with Gasteiger partial charge in [0, 0.05) is 21.7 Å². The molecule has 0 saturated carbocycles. The smallest absolute Gasteiger partial charge is 0.248 e. The van der Waals surface area contributed by atoms with Gasteiger partial charge in [0.1, 0.15) is 5.01 Å². The lowest BCUT2D eigenvalue weighted by Gasteiger charge is -2.23. The predicted molar refractivity (Wildman–Crippen MR) is 123 cm³/mol. The second-order valence-corrected chi connectivity index (χ2v) is 8.45. The fraction of sp³-hybridized carbons (Fsp3) is 0.105. The van der Waals surface area contributed by atoms with Crippen LogP contribution in [0.5, 0.6) is 0 Å². The van der Waals surface area contributed by atoms with Crippen molar-refractivity contribution < 1.29 is 4.79 Å². The zero-order chi connectivity index (χ0) is 19.9. The maximum atomic E-state index is 12.3. The molecule has 0 aliphatic carbocycles. The summed E-state index contributed by atoms with van der Waals surface area (Å²) in [4.78, 5) is 16.9. The molecule has 144 valence electrons. The Morgan fingerprint density at radius 2 is 1.93 bits per heavy atom. The minimum atomic E-state index is -0.201. The Morgan fingerprint density at radius 3 is 2.61 bits per heavy atom. The third-order valence-corrected chi connectivity index (χ3v) is 6.03. The van der Waals surface area contributed by atoms with Gasteiger partial charge in [-0.1, -0.05) is 41.9 Å². The maximum Gasteiger partial charge on any atom is 0.248 e. The number of benzene rings is 2. The van der Waals surface area contributed by atoms with Crippen molar-refractivity contribution in [1.82, 2.24) is 10.4 Å². The lowest BCUT2D eigenvalue weighted by atomic mass is 10.2. The molecule has 1 aromatic heterocycles. The Labute approximate surface area is 181 Å². The Balaban J connectivity index is 1.52. The zero-order valence-corrected chi connectivity index (χ0v) is 17.9. The van der Waals surface area contributed by atoms with Gasteiger partial charge in [-0.15, -0.1) is 23.1 Å². The van der Waals surface area contributed by atoms with Crippen molar-refractivity contribution in [2.75, 3.05) is 10.8 Å². The average Bonchev–Trinajstić information content (AvgIpc) is 3.16. The molecule has 3 aromatic rings. The number of nitrogens with one attached hydrogen (secondary N) is 1. The molecule has 0 saturated heterocycles. The van der Waals surface area contributed by atoms with E-state index in [1.807, 2.05) is 35.7 Å². The molecule has 2 aromatic carbocycles. The van der Waals surface area contributed by atoms with Gasteiger partial charge in [-0.3, -0.25) is 10.2 Å². The van der Waals surface area contributed by atoms with Crippen molar-refractivity contribution >= 4 is 63.6 Å². The lowest BCUT2D eigenvalue weighted by Crippen LogP contribution is -2.49. The first kappa shape index (κ1) is 20.6. The van der Waals surface area contributed by atoms with E-state index >= 15 is 0 Å². The van der Waals surface area contributed by atoms with Crippen LogP contribution in [-0.2, 0) is 10.5 Å². The van der Waals surface area contributed by atoms with Crippen LogP contribution in [-0.4, -0.2) is 21.8 Å². The predicted octanol–water partition coefficient (Wildman–Crippen LogP) is 4.48. The van der Waals surface area contributed by atoms with Gasteiger partial charge in [0.2, 0.25) is 5.91 Å². The maximum absolute atomic E-state index is 12.3. The molecule has 0 aliphatic heterocycles. The Hall–Kier alpha value is -2.13. The van der Waals surface area contributed by atoms with E-state index in [-0.39, 0.29) is 16.8 Å². The van der Waals surface area contributed by atoms with E-state index in [9.17, 15) is 4.79 Å². The van der Waals surface area contributed by atoms with Crippen molar-refractivity contribution in [3.63, 3.8) is 0 Å². The van der Waals surface area contributed by atoms with Gasteiger partial charge >= 0.3 is 0 Å². The summed E-state index contributed by atoms with van der Waals surface area (Å²) in [6, 6.07) is 16.9. The van der Waals surface area contributed by atoms with Crippen LogP contribution in [0, 0.1) is 0 Å². The second kappa shape index (κ2) is 9.88. The monoisotopic (exact) mass is 448 g/mol. The molecule has 3 N–H and O–H groups in total. The van der Waals surface area contributed by atoms with Crippen molar-refractivity contribution in [2.24, 2.45) is 5.73 Å². The molecular formula is C19H17ClN4OS3. The van der Waals surface area contributed by atoms with Crippen LogP contribution in [0.2, 0.25) is 5.02 Å². The highest BCUT2D eigenvalue weighted by Crippen LogP contribution is 2.24. The van der Waals surface area contributed by atoms with Crippen LogP contribution >= 0.6 is 46.9 Å². The Bertz CT molecular complexity index is 947. The van der Waals surface area contributed by atoms with Gasteiger partial charge < -0.3 is 5.73 Å². The molecule has 5 nitrogen and oxygen atoms in total. The molecule has 0 fully saturated rings. The van der Waals surface area contributed by atoms with E-state index in [0.717, 1.165) is 16.3 Å². The normalized spacial score (nSPS) is 10.5. The van der Waals surface area contributed by atoms with E-state index in [1.165, 1.54) is 16.8 Å². The van der Waals surface area contributed by atoms with Gasteiger partial charge in [-0.2, -0.15) is 0 Å². The van der Waals surface area contributed by atoms with Crippen molar-refractivity contribution in [1.29, 1.82) is 0 Å². The van der Waals surface area contributed by atoms with Crippen LogP contribution in [0.3, 0.4) is 0 Å². The van der Waals surface area contributed by atoms with Crippen LogP contribution in [0.1, 0.15) is 5.01 Å². The number of hydrogen-bond donors (Lipinski definition) is 2. The number of rotatable bonds is 6. The largest absolute Gasteiger partial charge is 0.374 e. The number of carbonyl (C=O) groups is 1. The standard InChI is InChI=1S/C19H17ClN4OS3/c20-14-6-8-15(9-7-14)24(19(21)26)23-17(25)11-27-12-18-22-16(10-28-18)13-4-2-1-3-5-13/h1-10H,11-12H2,(H2,21,26)(H,23,25). The number of carbonyl (C=O) groups excluding carboxylic acids is 1. The Morgan fingerprint density at radius 1 is 1.21 bits per heavy atom. The van der Waals surface area contributed by atoms with Gasteiger partial charge in [0.25, 0.3) is 0 Å². The summed E-state index contributed by atoms with van der Waals surface area (Å²) in [6.45, 7) is 0. The number of hydrogen-bond acceptors (Lipinski definition) is 5. The minimum absolute atomic E-state index is 0.0492. The second-order valence-electron chi connectivity index (χ2n) is 5.67. The fourth-order valence-electron chi connectivity index (χ4n) is 2.34. The molecule has 3 rings (SSSR count). The summed E-state index contributed by atoms with van der Waals surface area (Å²) in [5.74, 6) is 0.707. The summed E-state index contributed by atoms with van der Waals surface area (Å²) in [7, 11) is 0. The molecule has 28 heavy (non-hydrogen) atoms. The highest BCUT2D eigenvalue weighted by molar-refractivity contribution is 7.99. The molecule has 0 unspecified atom stereocenters. The number of thiocarbonyl (C=S) groups is 1. The molecule has 0 aliphatic rings. The van der Waals surface area contributed by atoms with Crippen molar-refractivity contribution in [3.05, 3.63) is 70.0 Å². The lowest BCUT2D eigenvalue weighted by molar-refractivity contribution is -0.118. The number of nitrogens with two attached hydrogens (primary N) is 1. The van der Waals surface area contributed by atoms with E-state index in [0.29, 0.717) is 16.5 Å². The third-order valence-electron chi connectivity index (χ3n) is 3.62. The van der Waals surface area contributed by atoms with Crippen LogP contribution in [0.25, 0.3) is 11.3 Å². The van der Waals surface area contributed by atoms with E-state index in [1.54, 1.807) is 35.6 Å². The average molecular weight is 449 g/mol. The van der Waals surface area contributed by atoms with E-state index < -0.39 is 0 Å². The SMILES string of the molecule is NC(=S)N(NC(=O)CSCc1nc(-c2ccccc2)cs1)c1ccc(Cl)cc1. The number of thioether (sulfide) groups is 1. The topological polar surface area (TPSA) is 71.2 Å². The van der Waals surface area contributed by atoms with Crippen molar-refractivity contribution in [2.45, 2.75) is 5.75 Å². The minimum Gasteiger partial charge on any atom is -0.374 e. The van der Waals surface area contributed by atoms with E-state index in [2.05, 4.69) is 10.4 Å². The van der Waals surface area contributed by atoms with Gasteiger partial charge in [-0.25, -0.2) is 9.99 Å². The fourth-order valence-corrected chi connectivity index (χ4v) is 4.32.